The number of fused-ring (bicyclic) bond motifs is 5. The van der Waals surface area contributed by atoms with Crippen LogP contribution in [-0.4, -0.2) is 42.0 Å². The maximum atomic E-state index is 13.8. The summed E-state index contributed by atoms with van der Waals surface area (Å²) in [6, 6.07) is 19.5. The summed E-state index contributed by atoms with van der Waals surface area (Å²) >= 11 is 6.02. The van der Waals surface area contributed by atoms with Gasteiger partial charge in [0.05, 0.1) is 36.9 Å². The number of Topliss-reactive ketones (excluding diaryl/α,β-unsaturated/α-hetero) is 1. The zero-order chi connectivity index (χ0) is 24.3. The van der Waals surface area contributed by atoms with Gasteiger partial charge in [0, 0.05) is 10.6 Å². The summed E-state index contributed by atoms with van der Waals surface area (Å²) in [7, 11) is 1.55. The first-order chi connectivity index (χ1) is 17.0. The van der Waals surface area contributed by atoms with Crippen LogP contribution in [0.2, 0.25) is 5.02 Å². The molecule has 4 atom stereocenters. The van der Waals surface area contributed by atoms with Gasteiger partial charge in [-0.15, -0.1) is 0 Å². The largest absolute Gasteiger partial charge is 0.497 e. The van der Waals surface area contributed by atoms with Gasteiger partial charge < -0.3 is 4.74 Å². The molecule has 0 bridgehead atoms. The highest BCUT2D eigenvalue weighted by molar-refractivity contribution is 6.31. The zero-order valence-electron chi connectivity index (χ0n) is 18.7. The molecule has 3 aliphatic heterocycles. The van der Waals surface area contributed by atoms with Crippen molar-refractivity contribution in [2.75, 3.05) is 12.0 Å². The van der Waals surface area contributed by atoms with Crippen molar-refractivity contribution in [2.45, 2.75) is 12.1 Å². The molecule has 3 aromatic rings. The van der Waals surface area contributed by atoms with Gasteiger partial charge in [-0.1, -0.05) is 35.9 Å². The number of amides is 2. The molecule has 174 valence electrons. The van der Waals surface area contributed by atoms with Crippen molar-refractivity contribution in [3.8, 4) is 5.75 Å². The summed E-state index contributed by atoms with van der Waals surface area (Å²) in [6.45, 7) is 0. The van der Waals surface area contributed by atoms with Gasteiger partial charge in [-0.05, 0) is 59.7 Å². The Kier molecular flexibility index (Phi) is 4.96. The number of anilines is 1. The summed E-state index contributed by atoms with van der Waals surface area (Å²) < 4.78 is 5.21. The molecular weight excluding hydrogens is 466 g/mol. The van der Waals surface area contributed by atoms with Crippen molar-refractivity contribution in [1.82, 2.24) is 5.01 Å². The fourth-order valence-corrected chi connectivity index (χ4v) is 5.57. The van der Waals surface area contributed by atoms with Gasteiger partial charge in [-0.2, -0.15) is 5.10 Å². The smallest absolute Gasteiger partial charge is 0.240 e. The lowest BCUT2D eigenvalue weighted by Gasteiger charge is -2.33. The second-order valence-corrected chi connectivity index (χ2v) is 9.21. The van der Waals surface area contributed by atoms with Gasteiger partial charge in [0.1, 0.15) is 11.8 Å². The van der Waals surface area contributed by atoms with E-state index in [1.54, 1.807) is 66.9 Å². The molecule has 0 aromatic heterocycles. The van der Waals surface area contributed by atoms with E-state index < -0.39 is 29.8 Å². The van der Waals surface area contributed by atoms with Crippen LogP contribution in [0.4, 0.5) is 5.69 Å². The Balaban J connectivity index is 1.47. The number of benzene rings is 3. The van der Waals surface area contributed by atoms with Crippen molar-refractivity contribution < 1.29 is 19.1 Å². The summed E-state index contributed by atoms with van der Waals surface area (Å²) in [6.07, 6.45) is 1.69. The minimum Gasteiger partial charge on any atom is -0.497 e. The number of rotatable bonds is 4. The lowest BCUT2D eigenvalue weighted by atomic mass is 9.83. The SMILES string of the molecule is COc1ccc(C(=O)C2C3C(=O)N(c4ccc(Cl)cc4)C(=O)C3C3c4ccccc4C=NN23)cc1. The van der Waals surface area contributed by atoms with Crippen LogP contribution in [-0.2, 0) is 9.59 Å². The van der Waals surface area contributed by atoms with Gasteiger partial charge in [-0.25, -0.2) is 4.90 Å². The Morgan fingerprint density at radius 2 is 1.60 bits per heavy atom. The molecule has 3 aliphatic rings. The van der Waals surface area contributed by atoms with E-state index in [2.05, 4.69) is 5.10 Å². The monoisotopic (exact) mass is 485 g/mol. The molecule has 0 aliphatic carbocycles. The summed E-state index contributed by atoms with van der Waals surface area (Å²) in [5.74, 6) is -2.01. The molecule has 4 unspecified atom stereocenters. The molecule has 0 spiro atoms. The second-order valence-electron chi connectivity index (χ2n) is 8.78. The highest BCUT2D eigenvalue weighted by Crippen LogP contribution is 2.53. The second kappa shape index (κ2) is 8.06. The van der Waals surface area contributed by atoms with E-state index in [1.165, 1.54) is 4.90 Å². The summed E-state index contributed by atoms with van der Waals surface area (Å²) in [4.78, 5) is 42.6. The Morgan fingerprint density at radius 3 is 2.31 bits per heavy atom. The summed E-state index contributed by atoms with van der Waals surface area (Å²) in [5.41, 5.74) is 2.61. The average Bonchev–Trinajstić information content (AvgIpc) is 3.37. The number of methoxy groups -OCH3 is 1. The first-order valence-corrected chi connectivity index (χ1v) is 11.6. The molecule has 0 saturated carbocycles. The molecule has 3 heterocycles. The molecule has 8 heteroatoms. The maximum Gasteiger partial charge on any atom is 0.240 e. The molecule has 7 nitrogen and oxygen atoms in total. The van der Waals surface area contributed by atoms with E-state index in [0.717, 1.165) is 11.1 Å². The van der Waals surface area contributed by atoms with Gasteiger partial charge in [0.2, 0.25) is 11.8 Å². The van der Waals surface area contributed by atoms with Gasteiger partial charge in [0.15, 0.2) is 5.78 Å². The third-order valence-corrected chi connectivity index (χ3v) is 7.27. The van der Waals surface area contributed by atoms with Crippen LogP contribution in [0.5, 0.6) is 5.75 Å². The highest BCUT2D eigenvalue weighted by Gasteiger charge is 2.65. The number of halogens is 1. The lowest BCUT2D eigenvalue weighted by molar-refractivity contribution is -0.124. The first-order valence-electron chi connectivity index (χ1n) is 11.2. The Labute approximate surface area is 206 Å². The van der Waals surface area contributed by atoms with Crippen molar-refractivity contribution >= 4 is 41.1 Å². The third kappa shape index (κ3) is 3.19. The first kappa shape index (κ1) is 21.6. The maximum absolute atomic E-state index is 13.8. The van der Waals surface area contributed by atoms with Crippen molar-refractivity contribution in [3.05, 3.63) is 94.5 Å². The van der Waals surface area contributed by atoms with E-state index in [4.69, 9.17) is 16.3 Å². The quantitative estimate of drug-likeness (QED) is 0.410. The van der Waals surface area contributed by atoms with Gasteiger partial charge >= 0.3 is 0 Å². The van der Waals surface area contributed by atoms with Crippen LogP contribution in [0.1, 0.15) is 27.5 Å². The molecule has 0 N–H and O–H groups in total. The predicted molar refractivity (Wildman–Crippen MR) is 131 cm³/mol. The Morgan fingerprint density at radius 1 is 0.914 bits per heavy atom. The number of hydrogen-bond donors (Lipinski definition) is 0. The van der Waals surface area contributed by atoms with Crippen molar-refractivity contribution in [2.24, 2.45) is 16.9 Å². The molecular formula is C27H20ClN3O4. The normalized spacial score (nSPS) is 24.3. The zero-order valence-corrected chi connectivity index (χ0v) is 19.4. The third-order valence-electron chi connectivity index (χ3n) is 7.02. The minimum atomic E-state index is -0.920. The number of hydrazone groups is 1. The molecule has 0 radical (unpaired) electrons. The molecule has 3 aromatic carbocycles. The fourth-order valence-electron chi connectivity index (χ4n) is 5.44. The molecule has 2 saturated heterocycles. The van der Waals surface area contributed by atoms with Crippen LogP contribution in [0.3, 0.4) is 0 Å². The van der Waals surface area contributed by atoms with Crippen molar-refractivity contribution in [3.63, 3.8) is 0 Å². The Bertz CT molecular complexity index is 1390. The highest BCUT2D eigenvalue weighted by atomic mass is 35.5. The number of carbonyl (C=O) groups excluding carboxylic acids is 3. The van der Waals surface area contributed by atoms with Crippen LogP contribution < -0.4 is 9.64 Å². The molecule has 2 amide bonds. The number of carbonyl (C=O) groups is 3. The molecule has 2 fully saturated rings. The number of ether oxygens (including phenoxy) is 1. The van der Waals surface area contributed by atoms with Gasteiger partial charge in [0.25, 0.3) is 0 Å². The van der Waals surface area contributed by atoms with Crippen LogP contribution in [0, 0.1) is 11.8 Å². The molecule has 35 heavy (non-hydrogen) atoms. The minimum absolute atomic E-state index is 0.263. The van der Waals surface area contributed by atoms with Crippen LogP contribution >= 0.6 is 11.6 Å². The van der Waals surface area contributed by atoms with E-state index in [0.29, 0.717) is 22.0 Å². The van der Waals surface area contributed by atoms with E-state index in [-0.39, 0.29) is 11.7 Å². The average molecular weight is 486 g/mol. The number of nitrogens with zero attached hydrogens (tertiary/aromatic N) is 3. The number of ketones is 1. The van der Waals surface area contributed by atoms with Gasteiger partial charge in [-0.3, -0.25) is 19.4 Å². The predicted octanol–water partition coefficient (Wildman–Crippen LogP) is 4.11. The van der Waals surface area contributed by atoms with Crippen LogP contribution in [0.25, 0.3) is 0 Å². The van der Waals surface area contributed by atoms with E-state index >= 15 is 0 Å². The number of imide groups is 1. The van der Waals surface area contributed by atoms with Crippen LogP contribution in [0.15, 0.2) is 77.9 Å². The lowest BCUT2D eigenvalue weighted by Crippen LogP contribution is -2.44. The van der Waals surface area contributed by atoms with E-state index in [9.17, 15) is 14.4 Å². The fraction of sp³-hybridized carbons (Fsp3) is 0.185. The summed E-state index contributed by atoms with van der Waals surface area (Å²) in [5, 5.41) is 6.73. The number of hydrogen-bond acceptors (Lipinski definition) is 6. The van der Waals surface area contributed by atoms with Crippen molar-refractivity contribution in [1.29, 1.82) is 0 Å². The van der Waals surface area contributed by atoms with E-state index in [1.807, 2.05) is 24.3 Å². The molecule has 6 rings (SSSR count). The topological polar surface area (TPSA) is 79.3 Å². The standard InChI is InChI=1S/C27H20ClN3O4/c1-35-19-12-6-15(7-13-19)25(32)24-22-21(23-20-5-3-2-4-16(20)14-29-31(23)24)26(33)30(27(22)34)18-10-8-17(28)9-11-18/h2-14,21-24H,1H3. The Hall–Kier alpha value is -3.97.